The van der Waals surface area contributed by atoms with E-state index in [4.69, 9.17) is 11.6 Å². The van der Waals surface area contributed by atoms with Gasteiger partial charge < -0.3 is 20.5 Å². The van der Waals surface area contributed by atoms with E-state index in [1.807, 2.05) is 0 Å². The zero-order valence-corrected chi connectivity index (χ0v) is 19.1. The lowest BCUT2D eigenvalue weighted by Gasteiger charge is -2.29. The molecule has 0 bridgehead atoms. The first-order valence-corrected chi connectivity index (χ1v) is 11.5. The van der Waals surface area contributed by atoms with Crippen LogP contribution in [0.25, 0.3) is 0 Å². The molecule has 1 aliphatic heterocycles. The normalized spacial score (nSPS) is 16.7. The third-order valence-corrected chi connectivity index (χ3v) is 6.43. The number of halogens is 1. The number of nitrogens with zero attached hydrogens (tertiary/aromatic N) is 1. The molecule has 1 aliphatic carbocycles. The van der Waals surface area contributed by atoms with Gasteiger partial charge in [-0.3, -0.25) is 19.3 Å². The van der Waals surface area contributed by atoms with Crippen LogP contribution >= 0.6 is 11.6 Å². The lowest BCUT2D eigenvalue weighted by Crippen LogP contribution is -2.43. The Bertz CT molecular complexity index is 1170. The summed E-state index contributed by atoms with van der Waals surface area (Å²) in [7, 11) is 0. The number of carbonyl (C=O) groups is 4. The highest BCUT2D eigenvalue weighted by molar-refractivity contribution is 6.47. The lowest BCUT2D eigenvalue weighted by atomic mass is 9.94. The number of anilines is 1. The predicted molar refractivity (Wildman–Crippen MR) is 124 cm³/mol. The minimum absolute atomic E-state index is 0.0953. The van der Waals surface area contributed by atoms with Crippen LogP contribution in [-0.4, -0.2) is 34.6 Å². The molecular weight excluding hydrogens is 458 g/mol. The molecule has 2 aliphatic rings. The van der Waals surface area contributed by atoms with E-state index < -0.39 is 23.7 Å². The minimum atomic E-state index is -1.38. The quantitative estimate of drug-likeness (QED) is 0.588. The molecule has 0 spiro atoms. The molecule has 2 aromatic carbocycles. The molecule has 176 valence electrons. The first-order chi connectivity index (χ1) is 16.4. The number of nitrogens with one attached hydrogen (secondary N) is 2. The van der Waals surface area contributed by atoms with Crippen LogP contribution in [0.5, 0.6) is 0 Å². The van der Waals surface area contributed by atoms with Crippen molar-refractivity contribution in [3.63, 3.8) is 0 Å². The fraction of sp³-hybridized carbons (Fsp3) is 0.280. The summed E-state index contributed by atoms with van der Waals surface area (Å²) in [6.07, 6.45) is 4.68. The number of carboxylic acid groups (broad SMARTS) is 1. The summed E-state index contributed by atoms with van der Waals surface area (Å²) in [5.41, 5.74) is 1.22. The van der Waals surface area contributed by atoms with Gasteiger partial charge in [0.1, 0.15) is 10.7 Å². The van der Waals surface area contributed by atoms with Crippen LogP contribution in [0.3, 0.4) is 0 Å². The van der Waals surface area contributed by atoms with Crippen LogP contribution < -0.4 is 15.7 Å². The lowest BCUT2D eigenvalue weighted by molar-refractivity contribution is -0.254. The molecule has 8 nitrogen and oxygen atoms in total. The Morgan fingerprint density at radius 3 is 2.32 bits per heavy atom. The topological polar surface area (TPSA) is 119 Å². The largest absolute Gasteiger partial charge is 0.545 e. The number of hydrogen-bond donors (Lipinski definition) is 2. The molecule has 0 atom stereocenters. The van der Waals surface area contributed by atoms with Gasteiger partial charge in [-0.2, -0.15) is 0 Å². The van der Waals surface area contributed by atoms with E-state index in [0.29, 0.717) is 5.56 Å². The van der Waals surface area contributed by atoms with E-state index >= 15 is 0 Å². The number of rotatable bonds is 7. The summed E-state index contributed by atoms with van der Waals surface area (Å²) in [6.45, 7) is 0.235. The van der Waals surface area contributed by atoms with Crippen molar-refractivity contribution in [3.05, 3.63) is 76.0 Å². The van der Waals surface area contributed by atoms with Crippen molar-refractivity contribution in [2.24, 2.45) is 0 Å². The van der Waals surface area contributed by atoms with Crippen LogP contribution in [0.4, 0.5) is 5.69 Å². The SMILES string of the molecule is O=C(Nc1ccccc1C(=O)[O-])c1ccc(CNC2=C(Cl)C(=O)N(C3CCCCC3)C2=O)cc1. The van der Waals surface area contributed by atoms with E-state index in [1.165, 1.54) is 17.0 Å². The van der Waals surface area contributed by atoms with E-state index in [2.05, 4.69) is 10.6 Å². The smallest absolute Gasteiger partial charge is 0.278 e. The van der Waals surface area contributed by atoms with Gasteiger partial charge in [0, 0.05) is 23.7 Å². The Hall–Kier alpha value is -3.65. The summed E-state index contributed by atoms with van der Waals surface area (Å²) in [4.78, 5) is 50.4. The van der Waals surface area contributed by atoms with Crippen molar-refractivity contribution in [3.8, 4) is 0 Å². The molecule has 0 saturated heterocycles. The van der Waals surface area contributed by atoms with Crippen molar-refractivity contribution < 1.29 is 24.3 Å². The third-order valence-electron chi connectivity index (χ3n) is 6.08. The van der Waals surface area contributed by atoms with Gasteiger partial charge in [-0.1, -0.05) is 61.2 Å². The number of amides is 3. The summed E-state index contributed by atoms with van der Waals surface area (Å²) >= 11 is 6.19. The molecule has 0 unspecified atom stereocenters. The second-order valence-electron chi connectivity index (χ2n) is 8.30. The van der Waals surface area contributed by atoms with Gasteiger partial charge in [-0.05, 0) is 36.6 Å². The van der Waals surface area contributed by atoms with E-state index in [9.17, 15) is 24.3 Å². The number of imide groups is 1. The standard InChI is InChI=1S/C25H24ClN3O5/c26-20-21(24(32)29(23(20)31)17-6-2-1-3-7-17)27-14-15-10-12-16(13-11-15)22(30)28-19-9-5-4-8-18(19)25(33)34/h4-5,8-13,17,27H,1-3,6-7,14H2,(H,28,30)(H,33,34)/p-1. The van der Waals surface area contributed by atoms with Crippen molar-refractivity contribution in [2.75, 3.05) is 5.32 Å². The number of aromatic carboxylic acids is 1. The van der Waals surface area contributed by atoms with Gasteiger partial charge in [0.2, 0.25) is 0 Å². The molecule has 1 heterocycles. The molecule has 2 N–H and O–H groups in total. The van der Waals surface area contributed by atoms with Gasteiger partial charge >= 0.3 is 0 Å². The van der Waals surface area contributed by atoms with Crippen molar-refractivity contribution >= 4 is 41.0 Å². The molecule has 1 fully saturated rings. The zero-order chi connectivity index (χ0) is 24.2. The molecule has 0 aromatic heterocycles. The fourth-order valence-electron chi connectivity index (χ4n) is 4.27. The minimum Gasteiger partial charge on any atom is -0.545 e. The molecule has 3 amide bonds. The van der Waals surface area contributed by atoms with Gasteiger partial charge in [0.15, 0.2) is 0 Å². The number of benzene rings is 2. The first-order valence-electron chi connectivity index (χ1n) is 11.1. The average Bonchev–Trinajstić information content (AvgIpc) is 3.06. The van der Waals surface area contributed by atoms with E-state index in [1.54, 1.807) is 36.4 Å². The first kappa shape index (κ1) is 23.5. The number of hydrogen-bond acceptors (Lipinski definition) is 6. The molecular formula is C25H23ClN3O5-. The highest BCUT2D eigenvalue weighted by Gasteiger charge is 2.41. The second kappa shape index (κ2) is 10.1. The van der Waals surface area contributed by atoms with Crippen LogP contribution in [0.1, 0.15) is 58.4 Å². The monoisotopic (exact) mass is 480 g/mol. The van der Waals surface area contributed by atoms with Crippen molar-refractivity contribution in [1.29, 1.82) is 0 Å². The number of para-hydroxylation sites is 1. The zero-order valence-electron chi connectivity index (χ0n) is 18.3. The summed E-state index contributed by atoms with van der Waals surface area (Å²) in [5, 5.41) is 16.6. The van der Waals surface area contributed by atoms with Crippen molar-refractivity contribution in [2.45, 2.75) is 44.7 Å². The fourth-order valence-corrected chi connectivity index (χ4v) is 4.51. The molecule has 34 heavy (non-hydrogen) atoms. The van der Waals surface area contributed by atoms with E-state index in [-0.39, 0.29) is 34.6 Å². The maximum atomic E-state index is 12.8. The molecule has 0 radical (unpaired) electrons. The Kier molecular flexibility index (Phi) is 6.98. The van der Waals surface area contributed by atoms with Gasteiger partial charge in [-0.25, -0.2) is 0 Å². The summed E-state index contributed by atoms with van der Waals surface area (Å²) in [6, 6.07) is 12.4. The average molecular weight is 481 g/mol. The van der Waals surface area contributed by atoms with Crippen LogP contribution in [0.15, 0.2) is 59.3 Å². The molecule has 2 aromatic rings. The third kappa shape index (κ3) is 4.82. The van der Waals surface area contributed by atoms with Gasteiger partial charge in [0.25, 0.3) is 17.7 Å². The Morgan fingerprint density at radius 2 is 1.65 bits per heavy atom. The summed E-state index contributed by atoms with van der Waals surface area (Å²) < 4.78 is 0. The van der Waals surface area contributed by atoms with E-state index in [0.717, 1.165) is 37.7 Å². The van der Waals surface area contributed by atoms with Crippen LogP contribution in [-0.2, 0) is 16.1 Å². The van der Waals surface area contributed by atoms with Gasteiger partial charge in [0.05, 0.1) is 11.7 Å². The summed E-state index contributed by atoms with van der Waals surface area (Å²) in [5.74, 6) is -2.71. The maximum Gasteiger partial charge on any atom is 0.278 e. The predicted octanol–water partition coefficient (Wildman–Crippen LogP) is 2.54. The maximum absolute atomic E-state index is 12.8. The second-order valence-corrected chi connectivity index (χ2v) is 8.68. The van der Waals surface area contributed by atoms with Crippen LogP contribution in [0.2, 0.25) is 0 Å². The Labute approximate surface area is 201 Å². The van der Waals surface area contributed by atoms with Crippen molar-refractivity contribution in [1.82, 2.24) is 10.2 Å². The van der Waals surface area contributed by atoms with Crippen LogP contribution in [0, 0.1) is 0 Å². The highest BCUT2D eigenvalue weighted by Crippen LogP contribution is 2.30. The molecule has 9 heteroatoms. The molecule has 4 rings (SSSR count). The number of carbonyl (C=O) groups excluding carboxylic acids is 4. The Morgan fingerprint density at radius 1 is 0.971 bits per heavy atom. The highest BCUT2D eigenvalue weighted by atomic mass is 35.5. The number of carboxylic acids is 1. The van der Waals surface area contributed by atoms with Gasteiger partial charge in [-0.15, -0.1) is 0 Å². The molecule has 1 saturated carbocycles. The Balaban J connectivity index is 1.38.